The maximum Gasteiger partial charge on any atom is 1.00 e. The molecule has 0 amide bonds. The molecule has 1 N–H and O–H groups in total. The third kappa shape index (κ3) is 18.1. The van der Waals surface area contributed by atoms with Crippen LogP contribution in [-0.2, 0) is 10.1 Å². The van der Waals surface area contributed by atoms with Crippen molar-refractivity contribution in [3.8, 4) is 0 Å². The number of aliphatic hydroxyl groups is 1. The Hall–Kier alpha value is 1.51. The van der Waals surface area contributed by atoms with Crippen LogP contribution < -0.4 is 51.4 Å². The van der Waals surface area contributed by atoms with Crippen molar-refractivity contribution < 1.29 is 69.5 Å². The summed E-state index contributed by atoms with van der Waals surface area (Å²) in [4.78, 5) is 0. The van der Waals surface area contributed by atoms with E-state index in [0.717, 1.165) is 51.4 Å². The topological polar surface area (TPSA) is 77.4 Å². The molecule has 0 fully saturated rings. The maximum absolute atomic E-state index is 10.7. The molecule has 0 spiro atoms. The first-order chi connectivity index (χ1) is 10.4. The number of rotatable bonds is 15. The molecule has 0 heterocycles. The fourth-order valence-corrected chi connectivity index (χ4v) is 3.07. The monoisotopic (exact) mass is 374 g/mol. The van der Waals surface area contributed by atoms with Crippen molar-refractivity contribution in [1.29, 1.82) is 0 Å². The van der Waals surface area contributed by atoms with E-state index in [1.165, 1.54) is 32.6 Å². The standard InChI is InChI=1S/C17H36O4S.K/c1-3-4-5-7-11-14-17(18)15-12-9-6-8-10-13-16(2)22(19,20)21;/h16-18H,3-15H2,1-2H3,(H,19,20,21);/q;+1/p-1. The second-order valence-corrected chi connectivity index (χ2v) is 8.30. The molecular weight excluding hydrogens is 339 g/mol. The minimum absolute atomic E-state index is 0. The Morgan fingerprint density at radius 3 is 1.65 bits per heavy atom. The number of aliphatic hydroxyl groups excluding tert-OH is 1. The average Bonchev–Trinajstić information content (AvgIpc) is 2.44. The van der Waals surface area contributed by atoms with Gasteiger partial charge in [-0.25, -0.2) is 8.42 Å². The summed E-state index contributed by atoms with van der Waals surface area (Å²) < 4.78 is 32.2. The van der Waals surface area contributed by atoms with Crippen LogP contribution >= 0.6 is 0 Å². The fourth-order valence-electron chi connectivity index (χ4n) is 2.61. The second kappa shape index (κ2) is 16.9. The summed E-state index contributed by atoms with van der Waals surface area (Å²) in [7, 11) is -4.11. The van der Waals surface area contributed by atoms with Crippen LogP contribution in [0.15, 0.2) is 0 Å². The quantitative estimate of drug-likeness (QED) is 0.267. The van der Waals surface area contributed by atoms with E-state index in [0.29, 0.717) is 6.42 Å². The number of hydrogen-bond acceptors (Lipinski definition) is 4. The Balaban J connectivity index is 0. The van der Waals surface area contributed by atoms with Gasteiger partial charge >= 0.3 is 51.4 Å². The van der Waals surface area contributed by atoms with Crippen molar-refractivity contribution in [3.63, 3.8) is 0 Å². The Bertz CT molecular complexity index is 347. The molecule has 0 aliphatic heterocycles. The van der Waals surface area contributed by atoms with Crippen molar-refractivity contribution in [2.75, 3.05) is 0 Å². The fraction of sp³-hybridized carbons (Fsp3) is 1.00. The molecule has 6 heteroatoms. The van der Waals surface area contributed by atoms with Gasteiger partial charge in [0.05, 0.1) is 16.2 Å². The van der Waals surface area contributed by atoms with Gasteiger partial charge in [0.1, 0.15) is 0 Å². The van der Waals surface area contributed by atoms with Crippen molar-refractivity contribution in [3.05, 3.63) is 0 Å². The molecule has 2 unspecified atom stereocenters. The molecule has 2 atom stereocenters. The summed E-state index contributed by atoms with van der Waals surface area (Å²) in [5, 5.41) is 9.11. The van der Waals surface area contributed by atoms with Gasteiger partial charge in [-0.3, -0.25) is 0 Å². The van der Waals surface area contributed by atoms with E-state index in [1.807, 2.05) is 0 Å². The molecular formula is C17H35KO4S. The van der Waals surface area contributed by atoms with E-state index in [1.54, 1.807) is 0 Å². The Kier molecular flexibility index (Phi) is 19.7. The van der Waals surface area contributed by atoms with Gasteiger partial charge in [0.25, 0.3) is 0 Å². The SMILES string of the molecule is CCCCCCCC(O)CCCCCCCC(C)S(=O)(=O)[O-].[K+]. The molecule has 0 saturated heterocycles. The van der Waals surface area contributed by atoms with E-state index in [9.17, 15) is 18.1 Å². The molecule has 0 saturated carbocycles. The molecule has 0 rings (SSSR count). The zero-order valence-electron chi connectivity index (χ0n) is 15.4. The van der Waals surface area contributed by atoms with Crippen molar-refractivity contribution in [1.82, 2.24) is 0 Å². The second-order valence-electron chi connectivity index (χ2n) is 6.51. The molecule has 0 bridgehead atoms. The summed E-state index contributed by atoms with van der Waals surface area (Å²) in [6.07, 6.45) is 13.2. The van der Waals surface area contributed by atoms with Crippen LogP contribution in [0.3, 0.4) is 0 Å². The van der Waals surface area contributed by atoms with Crippen LogP contribution in [0.1, 0.15) is 97.3 Å². The van der Waals surface area contributed by atoms with Crippen LogP contribution in [0, 0.1) is 0 Å². The van der Waals surface area contributed by atoms with Gasteiger partial charge in [-0.1, -0.05) is 71.1 Å². The summed E-state index contributed by atoms with van der Waals surface area (Å²) in [5.74, 6) is 0. The number of hydrogen-bond donors (Lipinski definition) is 1. The maximum atomic E-state index is 10.7. The molecule has 134 valence electrons. The van der Waals surface area contributed by atoms with E-state index < -0.39 is 15.4 Å². The van der Waals surface area contributed by atoms with Gasteiger partial charge in [-0.15, -0.1) is 0 Å². The van der Waals surface area contributed by atoms with Crippen molar-refractivity contribution in [2.24, 2.45) is 0 Å². The summed E-state index contributed by atoms with van der Waals surface area (Å²) in [6.45, 7) is 3.69. The third-order valence-electron chi connectivity index (χ3n) is 4.28. The molecule has 0 aromatic carbocycles. The minimum Gasteiger partial charge on any atom is -0.748 e. The predicted octanol–water partition coefficient (Wildman–Crippen LogP) is 1.38. The zero-order valence-corrected chi connectivity index (χ0v) is 19.4. The third-order valence-corrected chi connectivity index (χ3v) is 5.50. The van der Waals surface area contributed by atoms with E-state index in [-0.39, 0.29) is 57.5 Å². The Morgan fingerprint density at radius 2 is 1.22 bits per heavy atom. The largest absolute Gasteiger partial charge is 1.00 e. The van der Waals surface area contributed by atoms with Gasteiger partial charge < -0.3 is 9.66 Å². The van der Waals surface area contributed by atoms with Crippen molar-refractivity contribution >= 4 is 10.1 Å². The Morgan fingerprint density at radius 1 is 0.826 bits per heavy atom. The average molecular weight is 375 g/mol. The van der Waals surface area contributed by atoms with Gasteiger partial charge in [0, 0.05) is 5.25 Å². The van der Waals surface area contributed by atoms with E-state index >= 15 is 0 Å². The van der Waals surface area contributed by atoms with Crippen LogP contribution in [0.25, 0.3) is 0 Å². The van der Waals surface area contributed by atoms with E-state index in [2.05, 4.69) is 6.92 Å². The first-order valence-electron chi connectivity index (χ1n) is 9.00. The van der Waals surface area contributed by atoms with Gasteiger partial charge in [0.2, 0.25) is 0 Å². The van der Waals surface area contributed by atoms with Gasteiger partial charge in [0.15, 0.2) is 0 Å². The molecule has 0 aromatic rings. The smallest absolute Gasteiger partial charge is 0.748 e. The van der Waals surface area contributed by atoms with Gasteiger partial charge in [-0.05, 0) is 26.2 Å². The molecule has 0 aliphatic carbocycles. The molecule has 0 radical (unpaired) electrons. The zero-order chi connectivity index (χ0) is 16.8. The predicted molar refractivity (Wildman–Crippen MR) is 90.9 cm³/mol. The summed E-state index contributed by atoms with van der Waals surface area (Å²) in [5.41, 5.74) is 0. The first-order valence-corrected chi connectivity index (χ1v) is 10.5. The molecule has 0 aromatic heterocycles. The first kappa shape index (κ1) is 26.7. The molecule has 4 nitrogen and oxygen atoms in total. The van der Waals surface area contributed by atoms with Crippen LogP contribution in [0.4, 0.5) is 0 Å². The minimum atomic E-state index is -4.11. The summed E-state index contributed by atoms with van der Waals surface area (Å²) >= 11 is 0. The van der Waals surface area contributed by atoms with Crippen molar-refractivity contribution in [2.45, 2.75) is 109 Å². The Labute approximate surface area is 186 Å². The summed E-state index contributed by atoms with van der Waals surface area (Å²) in [6, 6.07) is 0. The normalized spacial score (nSPS) is 14.3. The molecule has 23 heavy (non-hydrogen) atoms. The van der Waals surface area contributed by atoms with E-state index in [4.69, 9.17) is 0 Å². The van der Waals surface area contributed by atoms with Crippen LogP contribution in [-0.4, -0.2) is 29.4 Å². The van der Waals surface area contributed by atoms with Crippen LogP contribution in [0.2, 0.25) is 0 Å². The number of unbranched alkanes of at least 4 members (excludes halogenated alkanes) is 8. The molecule has 0 aliphatic rings. The van der Waals surface area contributed by atoms with Crippen LogP contribution in [0.5, 0.6) is 0 Å². The van der Waals surface area contributed by atoms with Gasteiger partial charge in [-0.2, -0.15) is 0 Å².